The Bertz CT molecular complexity index is 1150. The van der Waals surface area contributed by atoms with E-state index < -0.39 is 5.82 Å². The zero-order valence-electron chi connectivity index (χ0n) is 13.3. The van der Waals surface area contributed by atoms with Gasteiger partial charge in [0, 0.05) is 18.5 Å². The van der Waals surface area contributed by atoms with E-state index in [1.165, 1.54) is 40.1 Å². The Morgan fingerprint density at radius 3 is 2.73 bits per heavy atom. The Labute approximate surface area is 152 Å². The topological polar surface area (TPSA) is 65.6 Å². The summed E-state index contributed by atoms with van der Waals surface area (Å²) in [6.07, 6.45) is 6.08. The van der Waals surface area contributed by atoms with E-state index >= 15 is 0 Å². The molecular formula is C18H11ClFN5O. The van der Waals surface area contributed by atoms with Crippen LogP contribution in [0.15, 0.2) is 72.0 Å². The molecule has 0 saturated heterocycles. The van der Waals surface area contributed by atoms with E-state index in [4.69, 9.17) is 11.6 Å². The molecule has 0 bridgehead atoms. The van der Waals surface area contributed by atoms with Crippen LogP contribution in [0.4, 0.5) is 4.39 Å². The predicted molar refractivity (Wildman–Crippen MR) is 95.2 cm³/mol. The van der Waals surface area contributed by atoms with Gasteiger partial charge < -0.3 is 0 Å². The molecule has 0 saturated carbocycles. The molecule has 0 radical (unpaired) electrons. The second-order valence-electron chi connectivity index (χ2n) is 5.41. The molecule has 0 unspecified atom stereocenters. The van der Waals surface area contributed by atoms with Crippen LogP contribution in [0.3, 0.4) is 0 Å². The molecular weight excluding hydrogens is 357 g/mol. The van der Waals surface area contributed by atoms with E-state index in [1.807, 2.05) is 0 Å². The Morgan fingerprint density at radius 2 is 1.92 bits per heavy atom. The van der Waals surface area contributed by atoms with Gasteiger partial charge in [0.25, 0.3) is 0 Å². The number of pyridine rings is 1. The minimum absolute atomic E-state index is 0.133. The van der Waals surface area contributed by atoms with Gasteiger partial charge in [-0.3, -0.25) is 9.78 Å². The van der Waals surface area contributed by atoms with Crippen molar-refractivity contribution in [2.75, 3.05) is 0 Å². The second-order valence-corrected chi connectivity index (χ2v) is 5.85. The number of nitrogens with zero attached hydrogens (tertiary/aromatic N) is 5. The Balaban J connectivity index is 1.88. The number of para-hydroxylation sites is 1. The summed E-state index contributed by atoms with van der Waals surface area (Å²) < 4.78 is 17.0. The van der Waals surface area contributed by atoms with Crippen LogP contribution in [-0.4, -0.2) is 24.5 Å². The molecule has 4 rings (SSSR count). The molecule has 0 amide bonds. The van der Waals surface area contributed by atoms with Gasteiger partial charge in [-0.2, -0.15) is 10.2 Å². The Hall–Kier alpha value is -3.32. The highest BCUT2D eigenvalue weighted by atomic mass is 35.5. The summed E-state index contributed by atoms with van der Waals surface area (Å²) in [5.41, 5.74) is 1.02. The predicted octanol–water partition coefficient (Wildman–Crippen LogP) is 3.27. The largest absolute Gasteiger partial charge is 0.287 e. The summed E-state index contributed by atoms with van der Waals surface area (Å²) >= 11 is 5.97. The van der Waals surface area contributed by atoms with Crippen molar-refractivity contribution in [3.05, 3.63) is 88.3 Å². The third kappa shape index (κ3) is 2.89. The fraction of sp³-hybridized carbons (Fsp3) is 0. The van der Waals surface area contributed by atoms with Crippen LogP contribution in [0, 0.1) is 5.82 Å². The number of benzene rings is 1. The first-order valence-electron chi connectivity index (χ1n) is 7.64. The highest BCUT2D eigenvalue weighted by Gasteiger charge is 2.15. The van der Waals surface area contributed by atoms with Crippen LogP contribution in [-0.2, 0) is 0 Å². The van der Waals surface area contributed by atoms with Crippen LogP contribution < -0.4 is 5.43 Å². The van der Waals surface area contributed by atoms with Gasteiger partial charge in [0.1, 0.15) is 11.5 Å². The van der Waals surface area contributed by atoms with Crippen molar-refractivity contribution < 1.29 is 4.39 Å². The average Bonchev–Trinajstić information content (AvgIpc) is 3.12. The third-order valence-corrected chi connectivity index (χ3v) is 3.94. The van der Waals surface area contributed by atoms with E-state index in [9.17, 15) is 9.18 Å². The van der Waals surface area contributed by atoms with Crippen molar-refractivity contribution in [3.63, 3.8) is 0 Å². The zero-order chi connectivity index (χ0) is 18.1. The maximum atomic E-state index is 14.2. The molecule has 0 fully saturated rings. The van der Waals surface area contributed by atoms with E-state index in [2.05, 4.69) is 15.2 Å². The van der Waals surface area contributed by atoms with E-state index in [0.29, 0.717) is 16.4 Å². The number of halogens is 2. The van der Waals surface area contributed by atoms with E-state index in [1.54, 1.807) is 36.5 Å². The van der Waals surface area contributed by atoms with Crippen molar-refractivity contribution in [2.45, 2.75) is 0 Å². The van der Waals surface area contributed by atoms with Crippen molar-refractivity contribution in [1.82, 2.24) is 24.5 Å². The number of aromatic nitrogens is 5. The van der Waals surface area contributed by atoms with Gasteiger partial charge in [0.2, 0.25) is 5.43 Å². The van der Waals surface area contributed by atoms with Crippen LogP contribution in [0.5, 0.6) is 0 Å². The van der Waals surface area contributed by atoms with Gasteiger partial charge in [-0.05, 0) is 24.3 Å². The molecule has 0 aliphatic carbocycles. The van der Waals surface area contributed by atoms with Crippen LogP contribution in [0.1, 0.15) is 0 Å². The highest BCUT2D eigenvalue weighted by molar-refractivity contribution is 6.30. The number of hydrogen-bond donors (Lipinski definition) is 0. The first kappa shape index (κ1) is 16.2. The number of hydrogen-bond acceptors (Lipinski definition) is 4. The molecule has 6 nitrogen and oxygen atoms in total. The first-order valence-corrected chi connectivity index (χ1v) is 8.01. The molecule has 128 valence electrons. The van der Waals surface area contributed by atoms with Gasteiger partial charge in [-0.1, -0.05) is 23.7 Å². The lowest BCUT2D eigenvalue weighted by Gasteiger charge is -2.10. The third-order valence-electron chi connectivity index (χ3n) is 3.73. The summed E-state index contributed by atoms with van der Waals surface area (Å²) in [5.74, 6) is -0.451. The van der Waals surface area contributed by atoms with Crippen LogP contribution in [0.2, 0.25) is 5.02 Å². The van der Waals surface area contributed by atoms with Gasteiger partial charge in [-0.15, -0.1) is 0 Å². The van der Waals surface area contributed by atoms with Gasteiger partial charge in [0.05, 0.1) is 28.8 Å². The van der Waals surface area contributed by atoms with Crippen LogP contribution in [0.25, 0.3) is 22.8 Å². The Morgan fingerprint density at radius 1 is 1.08 bits per heavy atom. The number of rotatable bonds is 3. The summed E-state index contributed by atoms with van der Waals surface area (Å²) in [4.78, 5) is 16.4. The van der Waals surface area contributed by atoms with Crippen molar-refractivity contribution in [3.8, 4) is 22.8 Å². The van der Waals surface area contributed by atoms with Gasteiger partial charge in [-0.25, -0.2) is 13.8 Å². The minimum Gasteiger partial charge on any atom is -0.287 e. The molecule has 8 heteroatoms. The molecule has 0 spiro atoms. The molecule has 3 aromatic heterocycles. The second kappa shape index (κ2) is 6.53. The molecule has 3 heterocycles. The molecule has 0 atom stereocenters. The summed E-state index contributed by atoms with van der Waals surface area (Å²) in [5, 5.41) is 8.95. The minimum atomic E-state index is -0.451. The summed E-state index contributed by atoms with van der Waals surface area (Å²) in [6.45, 7) is 0. The molecule has 0 N–H and O–H groups in total. The van der Waals surface area contributed by atoms with Gasteiger partial charge >= 0.3 is 0 Å². The lowest BCUT2D eigenvalue weighted by atomic mass is 10.2. The van der Waals surface area contributed by atoms with Gasteiger partial charge in [0.15, 0.2) is 5.69 Å². The smallest absolute Gasteiger partial charge is 0.209 e. The average molecular weight is 368 g/mol. The van der Waals surface area contributed by atoms with Crippen molar-refractivity contribution in [1.29, 1.82) is 0 Å². The quantitative estimate of drug-likeness (QED) is 0.557. The monoisotopic (exact) mass is 367 g/mol. The molecule has 0 aliphatic rings. The fourth-order valence-corrected chi connectivity index (χ4v) is 2.72. The molecule has 1 aromatic carbocycles. The standard InChI is InChI=1S/C18H11ClFN5O/c19-12-9-13(11-21-10-12)24-8-6-17(26)18(23-24)16-5-7-22-25(16)15-4-2-1-3-14(15)20/h1-11H. The lowest BCUT2D eigenvalue weighted by molar-refractivity contribution is 0.611. The highest BCUT2D eigenvalue weighted by Crippen LogP contribution is 2.20. The summed E-state index contributed by atoms with van der Waals surface area (Å²) in [6, 6.07) is 10.8. The van der Waals surface area contributed by atoms with E-state index in [0.717, 1.165) is 0 Å². The molecule has 4 aromatic rings. The Kier molecular flexibility index (Phi) is 4.06. The maximum absolute atomic E-state index is 14.2. The lowest BCUT2D eigenvalue weighted by Crippen LogP contribution is -2.15. The SMILES string of the molecule is O=c1ccn(-c2cncc(Cl)c2)nc1-c1ccnn1-c1ccccc1F. The van der Waals surface area contributed by atoms with Crippen molar-refractivity contribution >= 4 is 11.6 Å². The van der Waals surface area contributed by atoms with Crippen LogP contribution >= 0.6 is 11.6 Å². The summed E-state index contributed by atoms with van der Waals surface area (Å²) in [7, 11) is 0. The first-order chi connectivity index (χ1) is 12.6. The van der Waals surface area contributed by atoms with Crippen molar-refractivity contribution in [2.24, 2.45) is 0 Å². The van der Waals surface area contributed by atoms with E-state index in [-0.39, 0.29) is 16.8 Å². The molecule has 0 aliphatic heterocycles. The maximum Gasteiger partial charge on any atom is 0.209 e. The normalized spacial score (nSPS) is 10.8. The fourth-order valence-electron chi connectivity index (χ4n) is 2.55. The molecule has 26 heavy (non-hydrogen) atoms. The zero-order valence-corrected chi connectivity index (χ0v) is 14.0.